The molecular weight excluding hydrogens is 505 g/mol. The first-order chi connectivity index (χ1) is 17.1. The maximum Gasteiger partial charge on any atom is 0.219 e. The lowest BCUT2D eigenvalue weighted by Gasteiger charge is -2.53. The fraction of sp³-hybridized carbons (Fsp3) is 0.367. The largest absolute Gasteiger partial charge is 0.496 e. The van der Waals surface area contributed by atoms with Gasteiger partial charge in [-0.15, -0.1) is 24.8 Å². The molecule has 0 saturated carbocycles. The number of carbonyl (C=O) groups is 1. The molecule has 0 radical (unpaired) electrons. The molecule has 198 valence electrons. The molecule has 5 rings (SSSR count). The van der Waals surface area contributed by atoms with Gasteiger partial charge in [0.2, 0.25) is 5.91 Å². The lowest BCUT2D eigenvalue weighted by atomic mass is 9.81. The van der Waals surface area contributed by atoms with Crippen molar-refractivity contribution in [2.45, 2.75) is 31.5 Å². The highest BCUT2D eigenvalue weighted by Crippen LogP contribution is 2.36. The molecule has 0 aromatic heterocycles. The van der Waals surface area contributed by atoms with E-state index in [0.29, 0.717) is 12.1 Å². The number of amides is 1. The second kappa shape index (κ2) is 13.3. The summed E-state index contributed by atoms with van der Waals surface area (Å²) >= 11 is 0. The van der Waals surface area contributed by atoms with Gasteiger partial charge in [-0.1, -0.05) is 78.9 Å². The van der Waals surface area contributed by atoms with Gasteiger partial charge < -0.3 is 9.64 Å². The first kappa shape index (κ1) is 29.0. The highest BCUT2D eigenvalue weighted by Gasteiger charge is 2.42. The van der Waals surface area contributed by atoms with Gasteiger partial charge in [0.1, 0.15) is 5.75 Å². The summed E-state index contributed by atoms with van der Waals surface area (Å²) in [5.41, 5.74) is 3.89. The van der Waals surface area contributed by atoms with E-state index in [1.807, 2.05) is 17.0 Å². The van der Waals surface area contributed by atoms with Gasteiger partial charge in [-0.05, 0) is 17.2 Å². The monoisotopic (exact) mass is 541 g/mol. The lowest BCUT2D eigenvalue weighted by molar-refractivity contribution is -0.134. The molecule has 3 aromatic rings. The van der Waals surface area contributed by atoms with Crippen molar-refractivity contribution in [2.24, 2.45) is 0 Å². The SMILES string of the molecule is COc1ccccc1CN1C[C@@H]2CN(C(C)=O)CCN2[C@H](C(c2ccccc2)c2ccccc2)C1.Cl.Cl. The van der Waals surface area contributed by atoms with Gasteiger partial charge in [-0.2, -0.15) is 0 Å². The Bertz CT molecular complexity index is 1090. The molecule has 3 aromatic carbocycles. The van der Waals surface area contributed by atoms with E-state index in [9.17, 15) is 4.79 Å². The number of carbonyl (C=O) groups excluding carboxylic acids is 1. The summed E-state index contributed by atoms with van der Waals surface area (Å²) in [5.74, 6) is 1.36. The van der Waals surface area contributed by atoms with Crippen LogP contribution in [0.1, 0.15) is 29.5 Å². The van der Waals surface area contributed by atoms with Crippen LogP contribution in [-0.4, -0.2) is 72.5 Å². The first-order valence-corrected chi connectivity index (χ1v) is 12.6. The summed E-state index contributed by atoms with van der Waals surface area (Å²) in [4.78, 5) is 19.5. The maximum absolute atomic E-state index is 12.3. The van der Waals surface area contributed by atoms with Crippen molar-refractivity contribution in [2.75, 3.05) is 39.8 Å². The van der Waals surface area contributed by atoms with Crippen LogP contribution in [0.5, 0.6) is 5.75 Å². The van der Waals surface area contributed by atoms with E-state index in [4.69, 9.17) is 4.74 Å². The van der Waals surface area contributed by atoms with Gasteiger partial charge in [-0.3, -0.25) is 14.6 Å². The number of ether oxygens (including phenoxy) is 1. The Morgan fingerprint density at radius 1 is 0.838 bits per heavy atom. The normalized spacial score (nSPS) is 19.9. The van der Waals surface area contributed by atoms with Crippen LogP contribution >= 0.6 is 24.8 Å². The standard InChI is InChI=1S/C30H35N3O2.2ClH/c1-23(34)32-17-18-33-27(21-32)20-31(19-26-15-9-10-16-29(26)35-2)22-28(33)30(24-11-5-3-6-12-24)25-13-7-4-8-14-25;;/h3-16,27-28,30H,17-22H2,1-2H3;2*1H/t27-,28+;;/m1../s1. The number of methoxy groups -OCH3 is 1. The molecule has 0 N–H and O–H groups in total. The summed E-state index contributed by atoms with van der Waals surface area (Å²) < 4.78 is 5.66. The zero-order valence-electron chi connectivity index (χ0n) is 21.5. The van der Waals surface area contributed by atoms with Gasteiger partial charge in [-0.25, -0.2) is 0 Å². The van der Waals surface area contributed by atoms with Crippen LogP contribution in [0.4, 0.5) is 0 Å². The van der Waals surface area contributed by atoms with Crippen LogP contribution in [0.25, 0.3) is 0 Å². The van der Waals surface area contributed by atoms with E-state index in [2.05, 4.69) is 82.6 Å². The molecule has 7 heteroatoms. The van der Waals surface area contributed by atoms with Crippen molar-refractivity contribution >= 4 is 30.7 Å². The second-order valence-corrected chi connectivity index (χ2v) is 9.73. The van der Waals surface area contributed by atoms with E-state index in [-0.39, 0.29) is 36.6 Å². The summed E-state index contributed by atoms with van der Waals surface area (Å²) in [6.07, 6.45) is 0. The Balaban J connectivity index is 0.00000190. The highest BCUT2D eigenvalue weighted by molar-refractivity contribution is 5.85. The van der Waals surface area contributed by atoms with E-state index < -0.39 is 0 Å². The average molecular weight is 543 g/mol. The summed E-state index contributed by atoms with van der Waals surface area (Å²) in [5, 5.41) is 0. The zero-order valence-corrected chi connectivity index (χ0v) is 23.2. The van der Waals surface area contributed by atoms with Crippen LogP contribution < -0.4 is 4.74 Å². The first-order valence-electron chi connectivity index (χ1n) is 12.6. The molecule has 2 fully saturated rings. The van der Waals surface area contributed by atoms with Gasteiger partial charge >= 0.3 is 0 Å². The van der Waals surface area contributed by atoms with E-state index in [1.165, 1.54) is 16.7 Å². The van der Waals surface area contributed by atoms with E-state index >= 15 is 0 Å². The van der Waals surface area contributed by atoms with Gasteiger partial charge in [0.25, 0.3) is 0 Å². The lowest BCUT2D eigenvalue weighted by Crippen LogP contribution is -2.67. The van der Waals surface area contributed by atoms with Gasteiger partial charge in [0.05, 0.1) is 7.11 Å². The highest BCUT2D eigenvalue weighted by atomic mass is 35.5. The molecule has 0 aliphatic carbocycles. The Kier molecular flexibility index (Phi) is 10.4. The molecule has 2 heterocycles. The molecule has 37 heavy (non-hydrogen) atoms. The Morgan fingerprint density at radius 3 is 2.03 bits per heavy atom. The van der Waals surface area contributed by atoms with Crippen molar-refractivity contribution in [1.29, 1.82) is 0 Å². The minimum absolute atomic E-state index is 0. The number of benzene rings is 3. The molecule has 2 saturated heterocycles. The van der Waals surface area contributed by atoms with Crippen LogP contribution in [0.2, 0.25) is 0 Å². The Morgan fingerprint density at radius 2 is 1.43 bits per heavy atom. The zero-order chi connectivity index (χ0) is 24.2. The predicted molar refractivity (Wildman–Crippen MR) is 154 cm³/mol. The Labute approximate surface area is 233 Å². The van der Waals surface area contributed by atoms with Crippen molar-refractivity contribution in [3.8, 4) is 5.75 Å². The van der Waals surface area contributed by atoms with Crippen LogP contribution in [0.3, 0.4) is 0 Å². The van der Waals surface area contributed by atoms with Crippen LogP contribution in [0, 0.1) is 0 Å². The Hall–Kier alpha value is -2.57. The minimum atomic E-state index is 0. The number of nitrogens with zero attached hydrogens (tertiary/aromatic N) is 3. The van der Waals surface area contributed by atoms with Gasteiger partial charge in [0.15, 0.2) is 0 Å². The van der Waals surface area contributed by atoms with E-state index in [1.54, 1.807) is 14.0 Å². The minimum Gasteiger partial charge on any atom is -0.496 e. The molecule has 0 unspecified atom stereocenters. The van der Waals surface area contributed by atoms with Gasteiger partial charge in [0, 0.05) is 69.8 Å². The number of piperazine rings is 2. The molecule has 0 spiro atoms. The molecule has 5 nitrogen and oxygen atoms in total. The van der Waals surface area contributed by atoms with Crippen molar-refractivity contribution in [3.05, 3.63) is 102 Å². The average Bonchev–Trinajstić information content (AvgIpc) is 2.90. The number of hydrogen-bond donors (Lipinski definition) is 0. The fourth-order valence-corrected chi connectivity index (χ4v) is 5.95. The number of para-hydroxylation sites is 1. The molecule has 2 atom stereocenters. The maximum atomic E-state index is 12.3. The topological polar surface area (TPSA) is 36.0 Å². The summed E-state index contributed by atoms with van der Waals surface area (Å²) in [7, 11) is 1.74. The molecule has 2 aliphatic heterocycles. The molecule has 0 bridgehead atoms. The van der Waals surface area contributed by atoms with Crippen LogP contribution in [0.15, 0.2) is 84.9 Å². The number of rotatable bonds is 6. The fourth-order valence-electron chi connectivity index (χ4n) is 5.95. The number of fused-ring (bicyclic) bond motifs is 1. The van der Waals surface area contributed by atoms with Crippen molar-refractivity contribution in [3.63, 3.8) is 0 Å². The third-order valence-electron chi connectivity index (χ3n) is 7.60. The predicted octanol–water partition coefficient (Wildman–Crippen LogP) is 5.09. The third-order valence-corrected chi connectivity index (χ3v) is 7.60. The molecule has 2 aliphatic rings. The van der Waals surface area contributed by atoms with Crippen molar-refractivity contribution < 1.29 is 9.53 Å². The number of hydrogen-bond acceptors (Lipinski definition) is 4. The number of halogens is 2. The third kappa shape index (κ3) is 6.47. The summed E-state index contributed by atoms with van der Waals surface area (Å²) in [6.45, 7) is 6.92. The van der Waals surface area contributed by atoms with Crippen LogP contribution in [-0.2, 0) is 11.3 Å². The smallest absolute Gasteiger partial charge is 0.219 e. The molecular formula is C30H37Cl2N3O2. The summed E-state index contributed by atoms with van der Waals surface area (Å²) in [6, 6.07) is 30.7. The van der Waals surface area contributed by atoms with Crippen molar-refractivity contribution in [1.82, 2.24) is 14.7 Å². The molecule has 1 amide bonds. The second-order valence-electron chi connectivity index (χ2n) is 9.73. The van der Waals surface area contributed by atoms with E-state index in [0.717, 1.165) is 45.0 Å². The quantitative estimate of drug-likeness (QED) is 0.435.